The van der Waals surface area contributed by atoms with E-state index < -0.39 is 10.0 Å². The van der Waals surface area contributed by atoms with Gasteiger partial charge in [0.05, 0.1) is 11.9 Å². The predicted molar refractivity (Wildman–Crippen MR) is 140 cm³/mol. The summed E-state index contributed by atoms with van der Waals surface area (Å²) in [4.78, 5) is 21.9. The number of rotatable bonds is 5. The molecule has 9 nitrogen and oxygen atoms in total. The van der Waals surface area contributed by atoms with Gasteiger partial charge in [-0.05, 0) is 37.5 Å². The number of fused-ring (bicyclic) bond motifs is 1. The number of carbonyl (C=O) groups excluding carboxylic acids is 1. The standard InChI is InChI=1S/C26H34N6O3S/c1-21-27-22(2)31(28-21)20-26(33)30-17-16-29(18-23-10-5-4-6-11-23)14-9-15-32(36(3,34)35)25-13-8-7-12-24(25)19-30/h4-8,10-13H,9,14-20H2,1-3H3. The van der Waals surface area contributed by atoms with Crippen molar-refractivity contribution in [2.24, 2.45) is 0 Å². The van der Waals surface area contributed by atoms with Gasteiger partial charge in [0, 0.05) is 39.3 Å². The molecule has 2 heterocycles. The first kappa shape index (κ1) is 25.8. The number of carbonyl (C=O) groups is 1. The van der Waals surface area contributed by atoms with Gasteiger partial charge in [-0.3, -0.25) is 14.0 Å². The van der Waals surface area contributed by atoms with Crippen LogP contribution in [0.3, 0.4) is 0 Å². The van der Waals surface area contributed by atoms with Crippen molar-refractivity contribution in [2.75, 3.05) is 36.7 Å². The van der Waals surface area contributed by atoms with Crippen molar-refractivity contribution in [3.8, 4) is 0 Å². The van der Waals surface area contributed by atoms with Crippen LogP contribution < -0.4 is 4.31 Å². The Hall–Kier alpha value is -3.24. The van der Waals surface area contributed by atoms with Gasteiger partial charge in [0.25, 0.3) is 0 Å². The van der Waals surface area contributed by atoms with Crippen molar-refractivity contribution >= 4 is 21.6 Å². The van der Waals surface area contributed by atoms with Crippen molar-refractivity contribution in [3.63, 3.8) is 0 Å². The summed E-state index contributed by atoms with van der Waals surface area (Å²) in [7, 11) is -3.50. The van der Waals surface area contributed by atoms with Gasteiger partial charge in [-0.15, -0.1) is 0 Å². The third kappa shape index (κ3) is 6.50. The molecule has 0 atom stereocenters. The SMILES string of the molecule is Cc1nc(C)n(CC(=O)N2CCN(Cc3ccccc3)CCCN(S(C)(=O)=O)c3ccccc3C2)n1. The molecule has 0 saturated carbocycles. The molecule has 0 bridgehead atoms. The van der Waals surface area contributed by atoms with Gasteiger partial charge in [-0.25, -0.2) is 18.1 Å². The molecular formula is C26H34N6O3S. The number of hydrogen-bond donors (Lipinski definition) is 0. The van der Waals surface area contributed by atoms with Crippen LogP contribution in [0.2, 0.25) is 0 Å². The maximum absolute atomic E-state index is 13.5. The number of sulfonamides is 1. The van der Waals surface area contributed by atoms with Gasteiger partial charge < -0.3 is 4.90 Å². The van der Waals surface area contributed by atoms with Gasteiger partial charge in [-0.1, -0.05) is 48.5 Å². The molecule has 0 radical (unpaired) electrons. The summed E-state index contributed by atoms with van der Waals surface area (Å²) < 4.78 is 28.7. The average molecular weight is 511 g/mol. The molecule has 0 saturated heterocycles. The summed E-state index contributed by atoms with van der Waals surface area (Å²) >= 11 is 0. The van der Waals surface area contributed by atoms with Crippen LogP contribution in [0.25, 0.3) is 0 Å². The third-order valence-corrected chi connectivity index (χ3v) is 7.57. The minimum Gasteiger partial charge on any atom is -0.335 e. The summed E-state index contributed by atoms with van der Waals surface area (Å²) in [6.07, 6.45) is 1.92. The Kier molecular flexibility index (Phi) is 8.05. The van der Waals surface area contributed by atoms with Crippen molar-refractivity contribution in [2.45, 2.75) is 39.9 Å². The maximum atomic E-state index is 13.5. The number of nitrogens with zero attached hydrogens (tertiary/aromatic N) is 6. The van der Waals surface area contributed by atoms with Crippen LogP contribution in [0.5, 0.6) is 0 Å². The van der Waals surface area contributed by atoms with Crippen LogP contribution >= 0.6 is 0 Å². The minimum absolute atomic E-state index is 0.0809. The highest BCUT2D eigenvalue weighted by Gasteiger charge is 2.25. The van der Waals surface area contributed by atoms with Crippen molar-refractivity contribution in [1.82, 2.24) is 24.6 Å². The first-order valence-corrected chi connectivity index (χ1v) is 14.0. The van der Waals surface area contributed by atoms with E-state index in [-0.39, 0.29) is 12.5 Å². The van der Waals surface area contributed by atoms with Crippen molar-refractivity contribution in [3.05, 3.63) is 77.4 Å². The van der Waals surface area contributed by atoms with E-state index in [2.05, 4.69) is 27.1 Å². The molecule has 0 fully saturated rings. The molecular weight excluding hydrogens is 476 g/mol. The second-order valence-electron chi connectivity index (χ2n) is 9.26. The highest BCUT2D eigenvalue weighted by Crippen LogP contribution is 2.25. The van der Waals surface area contributed by atoms with Gasteiger partial charge in [0.2, 0.25) is 15.9 Å². The lowest BCUT2D eigenvalue weighted by molar-refractivity contribution is -0.133. The van der Waals surface area contributed by atoms with Crippen molar-refractivity contribution < 1.29 is 13.2 Å². The Morgan fingerprint density at radius 1 is 0.944 bits per heavy atom. The highest BCUT2D eigenvalue weighted by atomic mass is 32.2. The molecule has 1 aromatic heterocycles. The van der Waals surface area contributed by atoms with E-state index in [1.54, 1.807) is 16.5 Å². The molecule has 0 N–H and O–H groups in total. The number of aryl methyl sites for hydroxylation is 2. The maximum Gasteiger partial charge on any atom is 0.244 e. The lowest BCUT2D eigenvalue weighted by atomic mass is 10.1. The van der Waals surface area contributed by atoms with Crippen LogP contribution in [0.4, 0.5) is 5.69 Å². The highest BCUT2D eigenvalue weighted by molar-refractivity contribution is 7.92. The van der Waals surface area contributed by atoms with Crippen LogP contribution in [-0.2, 0) is 34.5 Å². The summed E-state index contributed by atoms with van der Waals surface area (Å²) in [6.45, 7) is 7.06. The Labute approximate surface area is 213 Å². The Morgan fingerprint density at radius 3 is 2.36 bits per heavy atom. The Morgan fingerprint density at radius 2 is 1.67 bits per heavy atom. The number of aromatic nitrogens is 3. The normalized spacial score (nSPS) is 15.9. The summed E-state index contributed by atoms with van der Waals surface area (Å²) in [6, 6.07) is 17.6. The Balaban J connectivity index is 1.65. The zero-order chi connectivity index (χ0) is 25.7. The molecule has 0 spiro atoms. The fourth-order valence-corrected chi connectivity index (χ4v) is 5.60. The summed E-state index contributed by atoms with van der Waals surface area (Å²) in [5, 5.41) is 4.36. The molecule has 36 heavy (non-hydrogen) atoms. The lowest BCUT2D eigenvalue weighted by Crippen LogP contribution is -2.40. The number of hydrogen-bond acceptors (Lipinski definition) is 6. The third-order valence-electron chi connectivity index (χ3n) is 6.39. The first-order chi connectivity index (χ1) is 17.2. The number of benzene rings is 2. The van der Waals surface area contributed by atoms with E-state index in [1.807, 2.05) is 49.4 Å². The fourth-order valence-electron chi connectivity index (χ4n) is 4.60. The smallest absolute Gasteiger partial charge is 0.244 e. The molecule has 1 aliphatic heterocycles. The zero-order valence-corrected chi connectivity index (χ0v) is 22.0. The van der Waals surface area contributed by atoms with Crippen LogP contribution in [0, 0.1) is 13.8 Å². The van der Waals surface area contributed by atoms with Crippen LogP contribution in [-0.4, -0.2) is 71.3 Å². The quantitative estimate of drug-likeness (QED) is 0.524. The Bertz CT molecular complexity index is 1290. The van der Waals surface area contributed by atoms with Gasteiger partial charge in [-0.2, -0.15) is 5.10 Å². The predicted octanol–water partition coefficient (Wildman–Crippen LogP) is 2.60. The monoisotopic (exact) mass is 510 g/mol. The molecule has 0 unspecified atom stereocenters. The van der Waals surface area contributed by atoms with Gasteiger partial charge >= 0.3 is 0 Å². The second kappa shape index (κ2) is 11.2. The lowest BCUT2D eigenvalue weighted by Gasteiger charge is -2.28. The summed E-state index contributed by atoms with van der Waals surface area (Å²) in [5.41, 5.74) is 2.61. The average Bonchev–Trinajstić information content (AvgIpc) is 3.13. The molecule has 10 heteroatoms. The molecule has 2 aromatic carbocycles. The summed E-state index contributed by atoms with van der Waals surface area (Å²) in [5.74, 6) is 1.23. The van der Waals surface area contributed by atoms with E-state index in [1.165, 1.54) is 16.1 Å². The van der Waals surface area contributed by atoms with Crippen LogP contribution in [0.1, 0.15) is 29.2 Å². The van der Waals surface area contributed by atoms with Gasteiger partial charge in [0.1, 0.15) is 18.2 Å². The van der Waals surface area contributed by atoms with E-state index in [0.717, 1.165) is 12.1 Å². The molecule has 4 rings (SSSR count). The minimum atomic E-state index is -3.50. The molecule has 3 aromatic rings. The zero-order valence-electron chi connectivity index (χ0n) is 21.2. The first-order valence-electron chi connectivity index (χ1n) is 12.2. The molecule has 192 valence electrons. The number of anilines is 1. The fraction of sp³-hybridized carbons (Fsp3) is 0.423. The molecule has 1 aliphatic rings. The van der Waals surface area contributed by atoms with E-state index >= 15 is 0 Å². The molecule has 0 aliphatic carbocycles. The van der Waals surface area contributed by atoms with Crippen LogP contribution in [0.15, 0.2) is 54.6 Å². The number of para-hydroxylation sites is 1. The molecule has 1 amide bonds. The topological polar surface area (TPSA) is 91.6 Å². The van der Waals surface area contributed by atoms with Gasteiger partial charge in [0.15, 0.2) is 0 Å². The van der Waals surface area contributed by atoms with E-state index in [0.29, 0.717) is 56.5 Å². The largest absolute Gasteiger partial charge is 0.335 e. The van der Waals surface area contributed by atoms with Crippen molar-refractivity contribution in [1.29, 1.82) is 0 Å². The second-order valence-corrected chi connectivity index (χ2v) is 11.2. The van der Waals surface area contributed by atoms with E-state index in [9.17, 15) is 13.2 Å². The number of amides is 1. The van der Waals surface area contributed by atoms with E-state index in [4.69, 9.17) is 0 Å².